The summed E-state index contributed by atoms with van der Waals surface area (Å²) in [6.07, 6.45) is 3.33. The topological polar surface area (TPSA) is 120 Å². The Kier molecular flexibility index (Phi) is 2.72. The average Bonchev–Trinajstić information content (AvgIpc) is 2.85. The van der Waals surface area contributed by atoms with Crippen LogP contribution in [0.1, 0.15) is 11.4 Å². The molecule has 8 heteroatoms. The number of aromatic nitrogens is 4. The van der Waals surface area contributed by atoms with E-state index in [4.69, 9.17) is 11.5 Å². The van der Waals surface area contributed by atoms with Gasteiger partial charge < -0.3 is 11.1 Å². The smallest absolute Gasteiger partial charge is 0.211 e. The van der Waals surface area contributed by atoms with Gasteiger partial charge in [0.1, 0.15) is 5.84 Å². The average molecular weight is 270 g/mol. The summed E-state index contributed by atoms with van der Waals surface area (Å²) in [7, 11) is 0. The Morgan fingerprint density at radius 2 is 2.20 bits per heavy atom. The van der Waals surface area contributed by atoms with Gasteiger partial charge in [0.2, 0.25) is 5.79 Å². The van der Waals surface area contributed by atoms with Crippen LogP contribution in [-0.2, 0) is 5.79 Å². The maximum atomic E-state index is 6.24. The molecule has 1 aliphatic heterocycles. The SMILES string of the molecule is Cc1nnnn1-c1cccc(C2(N)N=C(N)C=CN2)c1. The summed E-state index contributed by atoms with van der Waals surface area (Å²) in [5.41, 5.74) is 13.5. The lowest BCUT2D eigenvalue weighted by Crippen LogP contribution is -2.49. The molecule has 102 valence electrons. The minimum absolute atomic E-state index is 0.371. The number of hydrogen-bond donors (Lipinski definition) is 3. The Morgan fingerprint density at radius 1 is 1.35 bits per heavy atom. The van der Waals surface area contributed by atoms with Gasteiger partial charge in [-0.1, -0.05) is 12.1 Å². The molecule has 3 rings (SSSR count). The van der Waals surface area contributed by atoms with Crippen LogP contribution in [0.2, 0.25) is 0 Å². The molecule has 8 nitrogen and oxygen atoms in total. The first kappa shape index (κ1) is 12.3. The molecule has 1 aromatic heterocycles. The van der Waals surface area contributed by atoms with Crippen LogP contribution in [0.4, 0.5) is 0 Å². The zero-order valence-electron chi connectivity index (χ0n) is 10.9. The van der Waals surface area contributed by atoms with E-state index in [1.54, 1.807) is 17.0 Å². The van der Waals surface area contributed by atoms with Crippen LogP contribution in [0.15, 0.2) is 41.5 Å². The Labute approximate surface area is 115 Å². The molecular weight excluding hydrogens is 256 g/mol. The van der Waals surface area contributed by atoms with E-state index in [1.165, 1.54) is 0 Å². The van der Waals surface area contributed by atoms with Gasteiger partial charge in [0.05, 0.1) is 5.69 Å². The number of hydrogen-bond acceptors (Lipinski definition) is 7. The maximum absolute atomic E-state index is 6.24. The van der Waals surface area contributed by atoms with Crippen molar-refractivity contribution in [2.45, 2.75) is 12.7 Å². The van der Waals surface area contributed by atoms with E-state index < -0.39 is 5.79 Å². The Balaban J connectivity index is 2.05. The number of aliphatic imine (C=N–C) groups is 1. The number of amidine groups is 1. The second kappa shape index (κ2) is 4.42. The van der Waals surface area contributed by atoms with Gasteiger partial charge in [0.15, 0.2) is 5.82 Å². The van der Waals surface area contributed by atoms with Crippen molar-refractivity contribution in [2.75, 3.05) is 0 Å². The number of nitrogens with one attached hydrogen (secondary N) is 1. The molecule has 0 spiro atoms. The predicted molar refractivity (Wildman–Crippen MR) is 73.7 cm³/mol. The molecule has 1 atom stereocenters. The quantitative estimate of drug-likeness (QED) is 0.677. The fraction of sp³-hybridized carbons (Fsp3) is 0.167. The highest BCUT2D eigenvalue weighted by Crippen LogP contribution is 2.21. The standard InChI is InChI=1S/C12H14N8/c1-8-17-18-19-20(8)10-4-2-3-9(7-10)12(14)15-6-5-11(13)16-12/h2-7,15H,14H2,1H3,(H2,13,16). The van der Waals surface area contributed by atoms with Crippen LogP contribution >= 0.6 is 0 Å². The van der Waals surface area contributed by atoms with Crippen LogP contribution < -0.4 is 16.8 Å². The lowest BCUT2D eigenvalue weighted by atomic mass is 10.1. The van der Waals surface area contributed by atoms with E-state index in [0.29, 0.717) is 11.7 Å². The van der Waals surface area contributed by atoms with Crippen molar-refractivity contribution < 1.29 is 0 Å². The first-order valence-corrected chi connectivity index (χ1v) is 6.03. The third-order valence-corrected chi connectivity index (χ3v) is 3.02. The Bertz CT molecular complexity index is 701. The summed E-state index contributed by atoms with van der Waals surface area (Å²) in [5.74, 6) is -0.0282. The molecule has 0 fully saturated rings. The first-order chi connectivity index (χ1) is 9.58. The number of nitrogens with zero attached hydrogens (tertiary/aromatic N) is 5. The fourth-order valence-electron chi connectivity index (χ4n) is 2.02. The van der Waals surface area contributed by atoms with Crippen LogP contribution in [0.25, 0.3) is 5.69 Å². The molecule has 0 saturated carbocycles. The second-order valence-electron chi connectivity index (χ2n) is 4.47. The molecule has 0 bridgehead atoms. The van der Waals surface area contributed by atoms with E-state index in [-0.39, 0.29) is 0 Å². The van der Waals surface area contributed by atoms with Crippen molar-refractivity contribution in [1.82, 2.24) is 25.5 Å². The van der Waals surface area contributed by atoms with Gasteiger partial charge in [-0.15, -0.1) is 5.10 Å². The van der Waals surface area contributed by atoms with Crippen molar-refractivity contribution in [3.05, 3.63) is 47.9 Å². The monoisotopic (exact) mass is 270 g/mol. The molecule has 0 aliphatic carbocycles. The highest BCUT2D eigenvalue weighted by molar-refractivity contribution is 5.92. The minimum atomic E-state index is -1.09. The van der Waals surface area contributed by atoms with E-state index in [1.807, 2.05) is 31.2 Å². The molecular formula is C12H14N8. The molecule has 2 aromatic rings. The van der Waals surface area contributed by atoms with Gasteiger partial charge in [0, 0.05) is 11.8 Å². The van der Waals surface area contributed by atoms with Crippen molar-refractivity contribution in [3.8, 4) is 5.69 Å². The number of nitrogens with two attached hydrogens (primary N) is 2. The molecule has 1 aliphatic rings. The van der Waals surface area contributed by atoms with Crippen molar-refractivity contribution >= 4 is 5.84 Å². The Hall–Kier alpha value is -2.74. The molecule has 0 radical (unpaired) electrons. The zero-order chi connectivity index (χ0) is 14.2. The van der Waals surface area contributed by atoms with E-state index >= 15 is 0 Å². The summed E-state index contributed by atoms with van der Waals surface area (Å²) in [4.78, 5) is 4.24. The van der Waals surface area contributed by atoms with Crippen LogP contribution in [0.3, 0.4) is 0 Å². The highest BCUT2D eigenvalue weighted by atomic mass is 15.5. The van der Waals surface area contributed by atoms with Gasteiger partial charge >= 0.3 is 0 Å². The molecule has 5 N–H and O–H groups in total. The predicted octanol–water partition coefficient (Wildman–Crippen LogP) is -0.486. The lowest BCUT2D eigenvalue weighted by Gasteiger charge is -2.29. The van der Waals surface area contributed by atoms with Crippen molar-refractivity contribution in [1.29, 1.82) is 0 Å². The molecule has 2 heterocycles. The molecule has 1 aromatic carbocycles. The third-order valence-electron chi connectivity index (χ3n) is 3.02. The van der Waals surface area contributed by atoms with Crippen molar-refractivity contribution in [2.24, 2.45) is 16.5 Å². The molecule has 0 saturated heterocycles. The summed E-state index contributed by atoms with van der Waals surface area (Å²) in [5, 5.41) is 14.4. The van der Waals surface area contributed by atoms with Crippen LogP contribution in [0, 0.1) is 6.92 Å². The summed E-state index contributed by atoms with van der Waals surface area (Å²) in [6, 6.07) is 7.49. The highest BCUT2D eigenvalue weighted by Gasteiger charge is 2.27. The molecule has 1 unspecified atom stereocenters. The third kappa shape index (κ3) is 2.01. The van der Waals surface area contributed by atoms with Crippen molar-refractivity contribution in [3.63, 3.8) is 0 Å². The summed E-state index contributed by atoms with van der Waals surface area (Å²) >= 11 is 0. The van der Waals surface area contributed by atoms with Gasteiger partial charge in [0.25, 0.3) is 0 Å². The van der Waals surface area contributed by atoms with Gasteiger partial charge in [-0.05, 0) is 35.6 Å². The summed E-state index contributed by atoms with van der Waals surface area (Å²) < 4.78 is 1.62. The maximum Gasteiger partial charge on any atom is 0.211 e. The Morgan fingerprint density at radius 3 is 2.90 bits per heavy atom. The number of aryl methyl sites for hydroxylation is 1. The zero-order valence-corrected chi connectivity index (χ0v) is 10.9. The lowest BCUT2D eigenvalue weighted by molar-refractivity contribution is 0.409. The minimum Gasteiger partial charge on any atom is -0.384 e. The fourth-order valence-corrected chi connectivity index (χ4v) is 2.02. The number of benzene rings is 1. The second-order valence-corrected chi connectivity index (χ2v) is 4.47. The van der Waals surface area contributed by atoms with E-state index in [9.17, 15) is 0 Å². The van der Waals surface area contributed by atoms with Gasteiger partial charge in [-0.3, -0.25) is 5.73 Å². The largest absolute Gasteiger partial charge is 0.384 e. The van der Waals surface area contributed by atoms with Gasteiger partial charge in [-0.25, -0.2) is 4.99 Å². The molecule has 0 amide bonds. The molecule has 20 heavy (non-hydrogen) atoms. The van der Waals surface area contributed by atoms with E-state index in [2.05, 4.69) is 25.8 Å². The van der Waals surface area contributed by atoms with E-state index in [0.717, 1.165) is 11.3 Å². The summed E-state index contributed by atoms with van der Waals surface area (Å²) in [6.45, 7) is 1.82. The number of rotatable bonds is 2. The number of tetrazole rings is 1. The van der Waals surface area contributed by atoms with Gasteiger partial charge in [-0.2, -0.15) is 4.68 Å². The first-order valence-electron chi connectivity index (χ1n) is 6.03. The van der Waals surface area contributed by atoms with Crippen LogP contribution in [-0.4, -0.2) is 26.0 Å². The van der Waals surface area contributed by atoms with Crippen LogP contribution in [0.5, 0.6) is 0 Å². The normalized spacial score (nSPS) is 21.4.